The fourth-order valence-corrected chi connectivity index (χ4v) is 5.14. The Balaban J connectivity index is 1.72. The maximum atomic E-state index is 14.4. The van der Waals surface area contributed by atoms with Crippen molar-refractivity contribution in [1.29, 1.82) is 0 Å². The number of nitrogens with zero attached hydrogens (tertiary/aromatic N) is 2. The van der Waals surface area contributed by atoms with Gasteiger partial charge in [0.25, 0.3) is 0 Å². The Morgan fingerprint density at radius 3 is 2.67 bits per heavy atom. The van der Waals surface area contributed by atoms with Gasteiger partial charge in [-0.25, -0.2) is 8.78 Å². The van der Waals surface area contributed by atoms with E-state index in [1.165, 1.54) is 6.07 Å². The summed E-state index contributed by atoms with van der Waals surface area (Å²) in [7, 11) is 0. The molecule has 0 unspecified atom stereocenters. The van der Waals surface area contributed by atoms with Gasteiger partial charge in [-0.05, 0) is 49.9 Å². The molecule has 0 saturated carbocycles. The van der Waals surface area contributed by atoms with E-state index >= 15 is 0 Å². The fourth-order valence-electron chi connectivity index (χ4n) is 5.14. The van der Waals surface area contributed by atoms with Crippen LogP contribution >= 0.6 is 0 Å². The third-order valence-corrected chi connectivity index (χ3v) is 6.16. The van der Waals surface area contributed by atoms with Gasteiger partial charge in [-0.3, -0.25) is 9.69 Å². The van der Waals surface area contributed by atoms with E-state index < -0.39 is 11.6 Å². The number of carbonyl (C=O) groups is 1. The molecule has 4 aliphatic heterocycles. The van der Waals surface area contributed by atoms with Crippen LogP contribution in [0.15, 0.2) is 18.2 Å². The fraction of sp³-hybridized carbons (Fsp3) is 0.632. The van der Waals surface area contributed by atoms with Gasteiger partial charge in [0.2, 0.25) is 5.91 Å². The summed E-state index contributed by atoms with van der Waals surface area (Å²) in [6.07, 6.45) is 3.57. The number of piperidine rings is 3. The van der Waals surface area contributed by atoms with E-state index in [-0.39, 0.29) is 23.9 Å². The summed E-state index contributed by atoms with van der Waals surface area (Å²) >= 11 is 0. The zero-order valence-electron chi connectivity index (χ0n) is 14.0. The first kappa shape index (κ1) is 16.0. The normalized spacial score (nSPS) is 34.5. The largest absolute Gasteiger partial charge is 0.337 e. The maximum absolute atomic E-state index is 14.4. The summed E-state index contributed by atoms with van der Waals surface area (Å²) in [5, 5.41) is 0. The number of hydrogen-bond donors (Lipinski definition) is 0. The number of benzene rings is 1. The number of amides is 1. The van der Waals surface area contributed by atoms with Crippen molar-refractivity contribution in [3.8, 4) is 0 Å². The van der Waals surface area contributed by atoms with Crippen molar-refractivity contribution < 1.29 is 13.6 Å². The Morgan fingerprint density at radius 1 is 1.21 bits per heavy atom. The number of halogens is 2. The number of rotatable bonds is 3. The molecule has 130 valence electrons. The van der Waals surface area contributed by atoms with Crippen LogP contribution in [-0.2, 0) is 4.79 Å². The van der Waals surface area contributed by atoms with Crippen molar-refractivity contribution in [2.24, 2.45) is 5.92 Å². The van der Waals surface area contributed by atoms with Gasteiger partial charge < -0.3 is 4.90 Å². The summed E-state index contributed by atoms with van der Waals surface area (Å²) in [4.78, 5) is 17.0. The molecular weight excluding hydrogens is 310 g/mol. The predicted molar refractivity (Wildman–Crippen MR) is 87.6 cm³/mol. The monoisotopic (exact) mass is 334 g/mol. The third kappa shape index (κ3) is 2.36. The van der Waals surface area contributed by atoms with Crippen LogP contribution in [0.5, 0.6) is 0 Å². The molecule has 4 fully saturated rings. The molecule has 1 aromatic carbocycles. The zero-order valence-corrected chi connectivity index (χ0v) is 14.0. The number of carbonyl (C=O) groups excluding carboxylic acids is 1. The van der Waals surface area contributed by atoms with Crippen LogP contribution in [0.2, 0.25) is 0 Å². The van der Waals surface area contributed by atoms with Crippen molar-refractivity contribution in [2.45, 2.75) is 50.6 Å². The van der Waals surface area contributed by atoms with E-state index in [9.17, 15) is 13.6 Å². The molecule has 3 nitrogen and oxygen atoms in total. The lowest BCUT2D eigenvalue weighted by Crippen LogP contribution is -2.60. The summed E-state index contributed by atoms with van der Waals surface area (Å²) in [6.45, 7) is 4.54. The average Bonchev–Trinajstić information content (AvgIpc) is 3.01. The predicted octanol–water partition coefficient (Wildman–Crippen LogP) is 3.15. The molecule has 5 rings (SSSR count). The molecule has 24 heavy (non-hydrogen) atoms. The van der Waals surface area contributed by atoms with E-state index in [0.29, 0.717) is 24.4 Å². The quantitative estimate of drug-likeness (QED) is 0.848. The lowest BCUT2D eigenvalue weighted by Gasteiger charge is -2.51. The highest BCUT2D eigenvalue weighted by molar-refractivity contribution is 5.77. The molecule has 0 aromatic heterocycles. The first-order valence-electron chi connectivity index (χ1n) is 9.09. The Morgan fingerprint density at radius 2 is 1.96 bits per heavy atom. The van der Waals surface area contributed by atoms with Crippen molar-refractivity contribution in [3.05, 3.63) is 35.4 Å². The summed E-state index contributed by atoms with van der Waals surface area (Å²) < 4.78 is 28.2. The van der Waals surface area contributed by atoms with Gasteiger partial charge in [0.15, 0.2) is 11.6 Å². The van der Waals surface area contributed by atoms with Gasteiger partial charge in [-0.1, -0.05) is 19.1 Å². The van der Waals surface area contributed by atoms with Crippen molar-refractivity contribution in [3.63, 3.8) is 0 Å². The molecule has 2 bridgehead atoms. The van der Waals surface area contributed by atoms with E-state index in [4.69, 9.17) is 0 Å². The molecular formula is C19H24F2N2O. The Hall–Kier alpha value is -1.49. The highest BCUT2D eigenvalue weighted by atomic mass is 19.2. The topological polar surface area (TPSA) is 23.6 Å². The van der Waals surface area contributed by atoms with Crippen LogP contribution < -0.4 is 0 Å². The second-order valence-electron chi connectivity index (χ2n) is 7.40. The van der Waals surface area contributed by atoms with Gasteiger partial charge in [-0.2, -0.15) is 0 Å². The molecule has 0 radical (unpaired) electrons. The number of fused-ring (bicyclic) bond motifs is 2. The lowest BCUT2D eigenvalue weighted by atomic mass is 9.75. The standard InChI is InChI=1S/C19H24F2N2O/c1-2-4-16(24)23-11-14(13-5-3-6-15(20)17(13)21)19-18(23)12-7-9-22(19)10-8-12/h3,5-6,12,14,18-19H,2,4,7-11H2,1H3/t14-,18+,19+/m1/s1. The van der Waals surface area contributed by atoms with Crippen LogP contribution in [0.4, 0.5) is 8.78 Å². The van der Waals surface area contributed by atoms with Crippen molar-refractivity contribution in [1.82, 2.24) is 9.80 Å². The van der Waals surface area contributed by atoms with Crippen LogP contribution in [0, 0.1) is 17.6 Å². The molecule has 4 saturated heterocycles. The lowest BCUT2D eigenvalue weighted by molar-refractivity contribution is -0.136. The van der Waals surface area contributed by atoms with Gasteiger partial charge >= 0.3 is 0 Å². The van der Waals surface area contributed by atoms with E-state index in [1.807, 2.05) is 11.8 Å². The Kier molecular flexibility index (Phi) is 4.07. The number of hydrogen-bond acceptors (Lipinski definition) is 2. The molecule has 4 heterocycles. The van der Waals surface area contributed by atoms with Crippen LogP contribution in [0.1, 0.15) is 44.1 Å². The van der Waals surface area contributed by atoms with Gasteiger partial charge in [0.05, 0.1) is 6.04 Å². The number of likely N-dealkylation sites (tertiary alicyclic amines) is 1. The average molecular weight is 334 g/mol. The maximum Gasteiger partial charge on any atom is 0.222 e. The van der Waals surface area contributed by atoms with Gasteiger partial charge in [0, 0.05) is 24.9 Å². The molecule has 5 heteroatoms. The second kappa shape index (κ2) is 6.10. The summed E-state index contributed by atoms with van der Waals surface area (Å²) in [5.41, 5.74) is 0.435. The van der Waals surface area contributed by atoms with E-state index in [1.54, 1.807) is 12.1 Å². The summed E-state index contributed by atoms with van der Waals surface area (Å²) in [6, 6.07) is 4.74. The molecule has 4 aliphatic rings. The van der Waals surface area contributed by atoms with Gasteiger partial charge in [-0.15, -0.1) is 0 Å². The first-order chi connectivity index (χ1) is 11.6. The Bertz CT molecular complexity index is 642. The highest BCUT2D eigenvalue weighted by Gasteiger charge is 2.54. The van der Waals surface area contributed by atoms with Gasteiger partial charge in [0.1, 0.15) is 0 Å². The molecule has 0 spiro atoms. The third-order valence-electron chi connectivity index (χ3n) is 6.16. The Labute approximate surface area is 141 Å². The minimum Gasteiger partial charge on any atom is -0.337 e. The minimum absolute atomic E-state index is 0.130. The molecule has 3 atom stereocenters. The molecule has 0 aliphatic carbocycles. The molecule has 1 amide bonds. The van der Waals surface area contributed by atoms with Crippen molar-refractivity contribution >= 4 is 5.91 Å². The SMILES string of the molecule is CCCC(=O)N1C[C@H](c2cccc(F)c2F)[C@H]2[C@@H]1C1CCN2CC1. The second-order valence-corrected chi connectivity index (χ2v) is 7.40. The zero-order chi connectivity index (χ0) is 16.8. The van der Waals surface area contributed by atoms with Crippen molar-refractivity contribution in [2.75, 3.05) is 19.6 Å². The van der Waals surface area contributed by atoms with E-state index in [0.717, 1.165) is 32.4 Å². The van der Waals surface area contributed by atoms with E-state index in [2.05, 4.69) is 4.90 Å². The van der Waals surface area contributed by atoms with Crippen LogP contribution in [0.3, 0.4) is 0 Å². The van der Waals surface area contributed by atoms with Crippen LogP contribution in [-0.4, -0.2) is 47.4 Å². The smallest absolute Gasteiger partial charge is 0.222 e. The first-order valence-corrected chi connectivity index (χ1v) is 9.09. The molecule has 0 N–H and O–H groups in total. The highest BCUT2D eigenvalue weighted by Crippen LogP contribution is 2.47. The summed E-state index contributed by atoms with van der Waals surface area (Å²) in [5.74, 6) is -0.996. The minimum atomic E-state index is -0.793. The molecule has 1 aromatic rings. The van der Waals surface area contributed by atoms with Crippen LogP contribution in [0.25, 0.3) is 0 Å².